The zero-order chi connectivity index (χ0) is 13.1. The lowest BCUT2D eigenvalue weighted by molar-refractivity contribution is 0.570. The molecule has 1 aromatic heterocycles. The van der Waals surface area contributed by atoms with Gasteiger partial charge in [0.2, 0.25) is 0 Å². The summed E-state index contributed by atoms with van der Waals surface area (Å²) in [6, 6.07) is 8.60. The molecular weight excluding hydrogens is 290 g/mol. The standard InChI is InChI=1S/C14H18BrN3/c1-9(12-6-4-5-7-14(12)15)16-8-13-10(2)17-18-11(13)3/h4-7,9,16H,8H2,1-3H3,(H,17,18)/t9-/m0/s1. The van der Waals surface area contributed by atoms with E-state index in [1.165, 1.54) is 11.1 Å². The van der Waals surface area contributed by atoms with E-state index >= 15 is 0 Å². The van der Waals surface area contributed by atoms with Crippen molar-refractivity contribution < 1.29 is 0 Å². The minimum Gasteiger partial charge on any atom is -0.306 e. The second-order valence-corrected chi connectivity index (χ2v) is 5.39. The van der Waals surface area contributed by atoms with E-state index in [1.807, 2.05) is 13.0 Å². The van der Waals surface area contributed by atoms with Gasteiger partial charge in [0.1, 0.15) is 0 Å². The Hall–Kier alpha value is -1.13. The summed E-state index contributed by atoms with van der Waals surface area (Å²) in [5.41, 5.74) is 4.74. The van der Waals surface area contributed by atoms with Gasteiger partial charge >= 0.3 is 0 Å². The van der Waals surface area contributed by atoms with Crippen LogP contribution >= 0.6 is 15.9 Å². The molecule has 0 saturated heterocycles. The molecule has 0 spiro atoms. The van der Waals surface area contributed by atoms with Gasteiger partial charge in [0.15, 0.2) is 0 Å². The average Bonchev–Trinajstić information content (AvgIpc) is 2.67. The van der Waals surface area contributed by atoms with Crippen LogP contribution in [0, 0.1) is 13.8 Å². The molecule has 0 saturated carbocycles. The summed E-state index contributed by atoms with van der Waals surface area (Å²) in [6.07, 6.45) is 0. The topological polar surface area (TPSA) is 40.7 Å². The summed E-state index contributed by atoms with van der Waals surface area (Å²) < 4.78 is 1.14. The van der Waals surface area contributed by atoms with E-state index in [0.717, 1.165) is 22.4 Å². The maximum atomic E-state index is 4.21. The summed E-state index contributed by atoms with van der Waals surface area (Å²) in [5, 5.41) is 10.8. The van der Waals surface area contributed by atoms with E-state index in [1.54, 1.807) is 0 Å². The van der Waals surface area contributed by atoms with Crippen molar-refractivity contribution >= 4 is 15.9 Å². The number of aromatic nitrogens is 2. The molecule has 0 bridgehead atoms. The molecule has 1 heterocycles. The second kappa shape index (κ2) is 5.67. The first-order valence-corrected chi connectivity index (χ1v) is 6.87. The Morgan fingerprint density at radius 3 is 2.67 bits per heavy atom. The van der Waals surface area contributed by atoms with Gasteiger partial charge in [-0.05, 0) is 32.4 Å². The molecule has 0 aliphatic heterocycles. The predicted octanol–water partition coefficient (Wildman–Crippen LogP) is 3.64. The van der Waals surface area contributed by atoms with E-state index in [4.69, 9.17) is 0 Å². The van der Waals surface area contributed by atoms with Crippen LogP contribution in [0.4, 0.5) is 0 Å². The Labute approximate surface area is 116 Å². The minimum atomic E-state index is 0.300. The van der Waals surface area contributed by atoms with Gasteiger partial charge < -0.3 is 5.32 Å². The third-order valence-corrected chi connectivity index (χ3v) is 3.96. The van der Waals surface area contributed by atoms with Crippen molar-refractivity contribution in [2.45, 2.75) is 33.4 Å². The van der Waals surface area contributed by atoms with Crippen molar-refractivity contribution in [3.63, 3.8) is 0 Å². The van der Waals surface area contributed by atoms with Gasteiger partial charge in [0.25, 0.3) is 0 Å². The Morgan fingerprint density at radius 2 is 2.06 bits per heavy atom. The normalized spacial score (nSPS) is 12.7. The summed E-state index contributed by atoms with van der Waals surface area (Å²) >= 11 is 3.59. The molecular formula is C14H18BrN3. The second-order valence-electron chi connectivity index (χ2n) is 4.54. The minimum absolute atomic E-state index is 0.300. The monoisotopic (exact) mass is 307 g/mol. The first-order chi connectivity index (χ1) is 8.59. The van der Waals surface area contributed by atoms with Gasteiger partial charge in [-0.15, -0.1) is 0 Å². The molecule has 0 amide bonds. The van der Waals surface area contributed by atoms with E-state index in [-0.39, 0.29) is 0 Å². The Morgan fingerprint density at radius 1 is 1.33 bits per heavy atom. The third kappa shape index (κ3) is 2.82. The zero-order valence-corrected chi connectivity index (χ0v) is 12.5. The summed E-state index contributed by atoms with van der Waals surface area (Å²) in [7, 11) is 0. The number of aromatic amines is 1. The first-order valence-electron chi connectivity index (χ1n) is 6.08. The van der Waals surface area contributed by atoms with Crippen molar-refractivity contribution in [2.24, 2.45) is 0 Å². The molecule has 1 atom stereocenters. The van der Waals surface area contributed by atoms with Gasteiger partial charge in [-0.25, -0.2) is 0 Å². The fourth-order valence-corrected chi connectivity index (χ4v) is 2.65. The molecule has 0 radical (unpaired) electrons. The number of nitrogens with zero attached hydrogens (tertiary/aromatic N) is 1. The van der Waals surface area contributed by atoms with Gasteiger partial charge in [-0.3, -0.25) is 5.10 Å². The van der Waals surface area contributed by atoms with E-state index < -0.39 is 0 Å². The fourth-order valence-electron chi connectivity index (χ4n) is 2.03. The van der Waals surface area contributed by atoms with Gasteiger partial charge in [0.05, 0.1) is 5.69 Å². The predicted molar refractivity (Wildman–Crippen MR) is 77.5 cm³/mol. The van der Waals surface area contributed by atoms with Gasteiger partial charge in [-0.1, -0.05) is 34.1 Å². The smallest absolute Gasteiger partial charge is 0.0638 e. The quantitative estimate of drug-likeness (QED) is 0.905. The zero-order valence-electron chi connectivity index (χ0n) is 10.9. The Balaban J connectivity index is 2.05. The van der Waals surface area contributed by atoms with Crippen LogP contribution in [0.2, 0.25) is 0 Å². The number of H-pyrrole nitrogens is 1. The summed E-state index contributed by atoms with van der Waals surface area (Å²) in [6.45, 7) is 7.09. The van der Waals surface area contributed by atoms with Crippen molar-refractivity contribution in [1.82, 2.24) is 15.5 Å². The van der Waals surface area contributed by atoms with Crippen molar-refractivity contribution in [3.05, 3.63) is 51.3 Å². The number of rotatable bonds is 4. The number of benzene rings is 1. The van der Waals surface area contributed by atoms with E-state index in [9.17, 15) is 0 Å². The lowest BCUT2D eigenvalue weighted by Gasteiger charge is -2.16. The maximum absolute atomic E-state index is 4.21. The molecule has 2 aromatic rings. The van der Waals surface area contributed by atoms with Crippen molar-refractivity contribution in [2.75, 3.05) is 0 Å². The van der Waals surface area contributed by atoms with E-state index in [2.05, 4.69) is 63.5 Å². The average molecular weight is 308 g/mol. The maximum Gasteiger partial charge on any atom is 0.0638 e. The molecule has 0 aliphatic rings. The van der Waals surface area contributed by atoms with E-state index in [0.29, 0.717) is 6.04 Å². The molecule has 18 heavy (non-hydrogen) atoms. The molecule has 4 heteroatoms. The number of hydrogen-bond donors (Lipinski definition) is 2. The van der Waals surface area contributed by atoms with Gasteiger partial charge in [-0.2, -0.15) is 5.10 Å². The molecule has 2 N–H and O–H groups in total. The highest BCUT2D eigenvalue weighted by molar-refractivity contribution is 9.10. The highest BCUT2D eigenvalue weighted by atomic mass is 79.9. The molecule has 3 nitrogen and oxygen atoms in total. The van der Waals surface area contributed by atoms with Gasteiger partial charge in [0, 0.05) is 28.3 Å². The summed E-state index contributed by atoms with van der Waals surface area (Å²) in [5.74, 6) is 0. The lowest BCUT2D eigenvalue weighted by atomic mass is 10.1. The highest BCUT2D eigenvalue weighted by Crippen LogP contribution is 2.23. The Bertz CT molecular complexity index is 514. The van der Waals surface area contributed by atoms with Crippen LogP contribution in [0.1, 0.15) is 35.5 Å². The third-order valence-electron chi connectivity index (χ3n) is 3.24. The Kier molecular flexibility index (Phi) is 4.19. The van der Waals surface area contributed by atoms with Crippen LogP contribution in [0.5, 0.6) is 0 Å². The number of nitrogens with one attached hydrogen (secondary N) is 2. The molecule has 96 valence electrons. The van der Waals surface area contributed by atoms with Crippen LogP contribution in [0.3, 0.4) is 0 Å². The molecule has 0 aliphatic carbocycles. The fraction of sp³-hybridized carbons (Fsp3) is 0.357. The van der Waals surface area contributed by atoms with Crippen LogP contribution in [0.25, 0.3) is 0 Å². The van der Waals surface area contributed by atoms with Crippen LogP contribution in [0.15, 0.2) is 28.7 Å². The molecule has 0 unspecified atom stereocenters. The van der Waals surface area contributed by atoms with Crippen molar-refractivity contribution in [3.8, 4) is 0 Å². The van der Waals surface area contributed by atoms with Crippen molar-refractivity contribution in [1.29, 1.82) is 0 Å². The number of halogens is 1. The van der Waals surface area contributed by atoms with Crippen LogP contribution in [-0.4, -0.2) is 10.2 Å². The SMILES string of the molecule is Cc1n[nH]c(C)c1CN[C@@H](C)c1ccccc1Br. The number of aryl methyl sites for hydroxylation is 2. The largest absolute Gasteiger partial charge is 0.306 e. The van der Waals surface area contributed by atoms with Crippen LogP contribution < -0.4 is 5.32 Å². The highest BCUT2D eigenvalue weighted by Gasteiger charge is 2.11. The summed E-state index contributed by atoms with van der Waals surface area (Å²) in [4.78, 5) is 0. The number of hydrogen-bond acceptors (Lipinski definition) is 2. The lowest BCUT2D eigenvalue weighted by Crippen LogP contribution is -2.19. The molecule has 1 aromatic carbocycles. The molecule has 2 rings (SSSR count). The van der Waals surface area contributed by atoms with Crippen LogP contribution in [-0.2, 0) is 6.54 Å². The molecule has 0 fully saturated rings. The first kappa shape index (κ1) is 13.3.